The lowest BCUT2D eigenvalue weighted by Crippen LogP contribution is -2.46. The van der Waals surface area contributed by atoms with Crippen LogP contribution >= 0.6 is 0 Å². The molecular weight excluding hydrogens is 380 g/mol. The minimum absolute atomic E-state index is 0.219. The monoisotopic (exact) mass is 420 g/mol. The molecule has 0 radical (unpaired) electrons. The lowest BCUT2D eigenvalue weighted by molar-refractivity contribution is 0.0475. The second-order valence-corrected chi connectivity index (χ2v) is 8.97. The van der Waals surface area contributed by atoms with E-state index in [1.165, 1.54) is 5.56 Å². The number of unbranched alkanes of at least 4 members (excludes halogenated alkanes) is 1. The number of alkyl carbamates (subject to hydrolysis) is 1. The molecule has 0 saturated carbocycles. The molecule has 170 valence electrons. The molecule has 1 aliphatic rings. The van der Waals surface area contributed by atoms with Crippen molar-refractivity contribution in [1.82, 2.24) is 10.2 Å². The van der Waals surface area contributed by atoms with Crippen molar-refractivity contribution in [3.8, 4) is 0 Å². The summed E-state index contributed by atoms with van der Waals surface area (Å²) in [5.74, 6) is 0. The van der Waals surface area contributed by atoms with Crippen LogP contribution in [-0.2, 0) is 20.8 Å². The summed E-state index contributed by atoms with van der Waals surface area (Å²) in [4.78, 5) is 14.3. The number of carbonyl (C=O) groups excluding carboxylic acids is 1. The average Bonchev–Trinajstić information content (AvgIpc) is 2.70. The first-order chi connectivity index (χ1) is 14.4. The molecule has 1 aromatic rings. The van der Waals surface area contributed by atoms with E-state index in [1.807, 2.05) is 39.0 Å². The number of ether oxygens (including phenoxy) is 3. The molecule has 0 aromatic heterocycles. The standard InChI is InChI=1S/C24H40N2O4/c1-24(2,3)30-23(27)25-22-12-15-26(16-13-22)14-9-19-28-17-7-8-18-29-20-21-10-5-4-6-11-21/h4-6,10-11,22H,7-9,12-20H2,1-3H3,(H,25,27). The van der Waals surface area contributed by atoms with Crippen molar-refractivity contribution in [2.75, 3.05) is 39.5 Å². The molecule has 0 aliphatic carbocycles. The number of benzene rings is 1. The number of carbonyl (C=O) groups is 1. The van der Waals surface area contributed by atoms with Gasteiger partial charge in [-0.25, -0.2) is 4.79 Å². The molecule has 0 bridgehead atoms. The predicted octanol–water partition coefficient (Wildman–Crippen LogP) is 4.38. The first-order valence-electron chi connectivity index (χ1n) is 11.3. The Bertz CT molecular complexity index is 581. The van der Waals surface area contributed by atoms with Crippen LogP contribution in [0.2, 0.25) is 0 Å². The Morgan fingerprint density at radius 2 is 1.63 bits per heavy atom. The molecule has 2 rings (SSSR count). The Kier molecular flexibility index (Phi) is 11.2. The fraction of sp³-hybridized carbons (Fsp3) is 0.708. The van der Waals surface area contributed by atoms with Gasteiger partial charge >= 0.3 is 6.09 Å². The molecule has 1 aliphatic heterocycles. The maximum absolute atomic E-state index is 11.9. The Morgan fingerprint density at radius 3 is 2.30 bits per heavy atom. The molecule has 1 fully saturated rings. The Morgan fingerprint density at radius 1 is 1.00 bits per heavy atom. The van der Waals surface area contributed by atoms with Gasteiger partial charge in [0.1, 0.15) is 5.60 Å². The Hall–Kier alpha value is -1.63. The zero-order valence-electron chi connectivity index (χ0n) is 19.0. The summed E-state index contributed by atoms with van der Waals surface area (Å²) in [5, 5.41) is 2.99. The Balaban J connectivity index is 1.38. The van der Waals surface area contributed by atoms with E-state index in [1.54, 1.807) is 0 Å². The summed E-state index contributed by atoms with van der Waals surface area (Å²) >= 11 is 0. The van der Waals surface area contributed by atoms with Crippen LogP contribution in [0.4, 0.5) is 4.79 Å². The van der Waals surface area contributed by atoms with E-state index in [0.29, 0.717) is 6.61 Å². The van der Waals surface area contributed by atoms with Gasteiger partial charge in [-0.1, -0.05) is 30.3 Å². The number of amides is 1. The van der Waals surface area contributed by atoms with Crippen molar-refractivity contribution < 1.29 is 19.0 Å². The van der Waals surface area contributed by atoms with Crippen molar-refractivity contribution in [2.24, 2.45) is 0 Å². The minimum Gasteiger partial charge on any atom is -0.444 e. The third-order valence-corrected chi connectivity index (χ3v) is 5.01. The second kappa shape index (κ2) is 13.6. The lowest BCUT2D eigenvalue weighted by Gasteiger charge is -2.32. The molecule has 1 saturated heterocycles. The van der Waals surface area contributed by atoms with Crippen molar-refractivity contribution in [3.05, 3.63) is 35.9 Å². The van der Waals surface area contributed by atoms with Crippen molar-refractivity contribution in [1.29, 1.82) is 0 Å². The number of piperidine rings is 1. The summed E-state index contributed by atoms with van der Waals surface area (Å²) in [6, 6.07) is 10.5. The van der Waals surface area contributed by atoms with Crippen LogP contribution in [0.15, 0.2) is 30.3 Å². The van der Waals surface area contributed by atoms with Crippen LogP contribution in [0.3, 0.4) is 0 Å². The van der Waals surface area contributed by atoms with E-state index in [0.717, 1.165) is 71.6 Å². The van der Waals surface area contributed by atoms with Gasteiger partial charge in [0.2, 0.25) is 0 Å². The number of nitrogens with zero attached hydrogens (tertiary/aromatic N) is 1. The minimum atomic E-state index is -0.444. The highest BCUT2D eigenvalue weighted by molar-refractivity contribution is 5.68. The van der Waals surface area contributed by atoms with E-state index < -0.39 is 5.60 Å². The van der Waals surface area contributed by atoms with Crippen LogP contribution in [0.25, 0.3) is 0 Å². The quantitative estimate of drug-likeness (QED) is 0.509. The number of nitrogens with one attached hydrogen (secondary N) is 1. The van der Waals surface area contributed by atoms with Gasteiger partial charge in [-0.05, 0) is 58.4 Å². The zero-order valence-corrected chi connectivity index (χ0v) is 19.0. The largest absolute Gasteiger partial charge is 0.444 e. The molecule has 0 spiro atoms. The second-order valence-electron chi connectivity index (χ2n) is 8.97. The van der Waals surface area contributed by atoms with Crippen LogP contribution in [0, 0.1) is 0 Å². The third kappa shape index (κ3) is 11.5. The maximum Gasteiger partial charge on any atom is 0.407 e. The first-order valence-corrected chi connectivity index (χ1v) is 11.3. The predicted molar refractivity (Wildman–Crippen MR) is 120 cm³/mol. The van der Waals surface area contributed by atoms with E-state index in [4.69, 9.17) is 14.2 Å². The fourth-order valence-electron chi connectivity index (χ4n) is 3.44. The van der Waals surface area contributed by atoms with Gasteiger partial charge in [0.25, 0.3) is 0 Å². The van der Waals surface area contributed by atoms with Gasteiger partial charge in [0.15, 0.2) is 0 Å². The molecule has 6 heteroatoms. The number of hydrogen-bond acceptors (Lipinski definition) is 5. The zero-order chi connectivity index (χ0) is 21.7. The van der Waals surface area contributed by atoms with E-state index in [9.17, 15) is 4.79 Å². The highest BCUT2D eigenvalue weighted by atomic mass is 16.6. The van der Waals surface area contributed by atoms with Crippen molar-refractivity contribution >= 4 is 6.09 Å². The lowest BCUT2D eigenvalue weighted by atomic mass is 10.1. The molecular formula is C24H40N2O4. The number of likely N-dealkylation sites (tertiary alicyclic amines) is 1. The molecule has 1 aromatic carbocycles. The summed E-state index contributed by atoms with van der Waals surface area (Å²) < 4.78 is 16.8. The van der Waals surface area contributed by atoms with E-state index >= 15 is 0 Å². The average molecular weight is 421 g/mol. The first kappa shape index (κ1) is 24.6. The molecule has 0 unspecified atom stereocenters. The van der Waals surface area contributed by atoms with Gasteiger partial charge in [-0.15, -0.1) is 0 Å². The van der Waals surface area contributed by atoms with E-state index in [2.05, 4.69) is 22.3 Å². The number of hydrogen-bond donors (Lipinski definition) is 1. The fourth-order valence-corrected chi connectivity index (χ4v) is 3.44. The van der Waals surface area contributed by atoms with Crippen LogP contribution in [-0.4, -0.2) is 62.1 Å². The highest BCUT2D eigenvalue weighted by Gasteiger charge is 2.23. The summed E-state index contributed by atoms with van der Waals surface area (Å²) in [6.45, 7) is 11.8. The van der Waals surface area contributed by atoms with Gasteiger partial charge < -0.3 is 24.4 Å². The third-order valence-electron chi connectivity index (χ3n) is 5.01. The highest BCUT2D eigenvalue weighted by Crippen LogP contribution is 2.13. The van der Waals surface area contributed by atoms with E-state index in [-0.39, 0.29) is 12.1 Å². The van der Waals surface area contributed by atoms with Gasteiger partial charge in [0.05, 0.1) is 6.61 Å². The maximum atomic E-state index is 11.9. The topological polar surface area (TPSA) is 60.0 Å². The van der Waals surface area contributed by atoms with Gasteiger partial charge in [-0.2, -0.15) is 0 Å². The molecule has 0 atom stereocenters. The van der Waals surface area contributed by atoms with Crippen molar-refractivity contribution in [2.45, 2.75) is 71.1 Å². The Labute approximate surface area is 182 Å². The SMILES string of the molecule is CC(C)(C)OC(=O)NC1CCN(CCCOCCCCOCc2ccccc2)CC1. The van der Waals surface area contributed by atoms with Gasteiger partial charge in [-0.3, -0.25) is 0 Å². The van der Waals surface area contributed by atoms with Crippen LogP contribution in [0.5, 0.6) is 0 Å². The smallest absolute Gasteiger partial charge is 0.407 e. The molecule has 6 nitrogen and oxygen atoms in total. The molecule has 30 heavy (non-hydrogen) atoms. The summed E-state index contributed by atoms with van der Waals surface area (Å²) in [6.07, 6.45) is 4.77. The molecule has 1 amide bonds. The molecule has 1 heterocycles. The van der Waals surface area contributed by atoms with Crippen molar-refractivity contribution in [3.63, 3.8) is 0 Å². The summed E-state index contributed by atoms with van der Waals surface area (Å²) in [5.41, 5.74) is 0.776. The van der Waals surface area contributed by atoms with Crippen LogP contribution < -0.4 is 5.32 Å². The van der Waals surface area contributed by atoms with Gasteiger partial charge in [0, 0.05) is 45.5 Å². The van der Waals surface area contributed by atoms with Crippen LogP contribution in [0.1, 0.15) is 58.4 Å². The molecule has 1 N–H and O–H groups in total. The number of rotatable bonds is 12. The summed E-state index contributed by atoms with van der Waals surface area (Å²) in [7, 11) is 0. The normalized spacial score (nSPS) is 15.8.